The van der Waals surface area contributed by atoms with Gasteiger partial charge in [-0.2, -0.15) is 0 Å². The molecule has 1 aliphatic heterocycles. The van der Waals surface area contributed by atoms with Crippen LogP contribution in [-0.2, 0) is 4.74 Å². The SMILES string of the molecule is CCC(C)C(C)(N)CCC1CCCO1. The summed E-state index contributed by atoms with van der Waals surface area (Å²) in [5.41, 5.74) is 6.28. The van der Waals surface area contributed by atoms with Crippen molar-refractivity contribution < 1.29 is 4.74 Å². The van der Waals surface area contributed by atoms with E-state index in [1.54, 1.807) is 0 Å². The van der Waals surface area contributed by atoms with Crippen LogP contribution in [-0.4, -0.2) is 18.2 Å². The van der Waals surface area contributed by atoms with E-state index < -0.39 is 0 Å². The summed E-state index contributed by atoms with van der Waals surface area (Å²) in [6.07, 6.45) is 6.34. The zero-order valence-corrected chi connectivity index (χ0v) is 9.88. The summed E-state index contributed by atoms with van der Waals surface area (Å²) in [5.74, 6) is 0.601. The summed E-state index contributed by atoms with van der Waals surface area (Å²) in [6.45, 7) is 7.59. The van der Waals surface area contributed by atoms with Crippen LogP contribution in [0.25, 0.3) is 0 Å². The summed E-state index contributed by atoms with van der Waals surface area (Å²) in [7, 11) is 0. The fourth-order valence-electron chi connectivity index (χ4n) is 2.06. The predicted octanol–water partition coefficient (Wildman–Crippen LogP) is 2.71. The van der Waals surface area contributed by atoms with Crippen LogP contribution in [0.3, 0.4) is 0 Å². The van der Waals surface area contributed by atoms with Crippen molar-refractivity contribution in [3.05, 3.63) is 0 Å². The Labute approximate surface area is 88.2 Å². The maximum Gasteiger partial charge on any atom is 0.0576 e. The van der Waals surface area contributed by atoms with E-state index in [1.807, 2.05) is 0 Å². The third kappa shape index (κ3) is 3.25. The van der Waals surface area contributed by atoms with Gasteiger partial charge in [0.05, 0.1) is 6.10 Å². The van der Waals surface area contributed by atoms with Gasteiger partial charge in [0.2, 0.25) is 0 Å². The molecule has 0 aromatic heterocycles. The first kappa shape index (κ1) is 12.0. The number of hydrogen-bond donors (Lipinski definition) is 1. The molecule has 0 radical (unpaired) electrons. The van der Waals surface area contributed by atoms with Crippen LogP contribution >= 0.6 is 0 Å². The molecule has 0 saturated carbocycles. The van der Waals surface area contributed by atoms with Gasteiger partial charge in [0.1, 0.15) is 0 Å². The van der Waals surface area contributed by atoms with Crippen molar-refractivity contribution in [2.24, 2.45) is 11.7 Å². The molecule has 14 heavy (non-hydrogen) atoms. The van der Waals surface area contributed by atoms with Gasteiger partial charge < -0.3 is 10.5 Å². The molecule has 0 amide bonds. The van der Waals surface area contributed by atoms with Crippen molar-refractivity contribution in [2.45, 2.75) is 64.5 Å². The molecule has 0 aromatic carbocycles. The Hall–Kier alpha value is -0.0800. The zero-order chi connectivity index (χ0) is 10.6. The number of ether oxygens (including phenoxy) is 1. The Morgan fingerprint density at radius 2 is 2.29 bits per heavy atom. The highest BCUT2D eigenvalue weighted by Gasteiger charge is 2.27. The van der Waals surface area contributed by atoms with Crippen molar-refractivity contribution in [3.8, 4) is 0 Å². The van der Waals surface area contributed by atoms with Gasteiger partial charge in [0, 0.05) is 12.1 Å². The number of rotatable bonds is 5. The molecular formula is C12H25NO. The first-order valence-corrected chi connectivity index (χ1v) is 5.96. The van der Waals surface area contributed by atoms with E-state index in [4.69, 9.17) is 10.5 Å². The maximum atomic E-state index is 6.29. The first-order valence-electron chi connectivity index (χ1n) is 5.96. The molecule has 0 bridgehead atoms. The van der Waals surface area contributed by atoms with Crippen molar-refractivity contribution >= 4 is 0 Å². The highest BCUT2D eigenvalue weighted by atomic mass is 16.5. The lowest BCUT2D eigenvalue weighted by Gasteiger charge is -2.32. The lowest BCUT2D eigenvalue weighted by atomic mass is 9.81. The third-order valence-corrected chi connectivity index (χ3v) is 3.77. The normalized spacial score (nSPS) is 28.7. The third-order valence-electron chi connectivity index (χ3n) is 3.77. The molecule has 2 N–H and O–H groups in total. The second kappa shape index (κ2) is 5.13. The Morgan fingerprint density at radius 1 is 1.57 bits per heavy atom. The summed E-state index contributed by atoms with van der Waals surface area (Å²) in [4.78, 5) is 0. The smallest absolute Gasteiger partial charge is 0.0576 e. The van der Waals surface area contributed by atoms with E-state index in [0.29, 0.717) is 12.0 Å². The highest BCUT2D eigenvalue weighted by molar-refractivity contribution is 4.85. The van der Waals surface area contributed by atoms with Crippen molar-refractivity contribution in [3.63, 3.8) is 0 Å². The summed E-state index contributed by atoms with van der Waals surface area (Å²) in [6, 6.07) is 0. The molecule has 3 atom stereocenters. The largest absolute Gasteiger partial charge is 0.378 e. The lowest BCUT2D eigenvalue weighted by molar-refractivity contribution is 0.0926. The predicted molar refractivity (Wildman–Crippen MR) is 60.3 cm³/mol. The van der Waals surface area contributed by atoms with E-state index in [2.05, 4.69) is 20.8 Å². The Morgan fingerprint density at radius 3 is 2.79 bits per heavy atom. The van der Waals surface area contributed by atoms with Crippen LogP contribution in [0.2, 0.25) is 0 Å². The molecule has 1 rings (SSSR count). The minimum atomic E-state index is -0.0132. The van der Waals surface area contributed by atoms with Crippen molar-refractivity contribution in [1.82, 2.24) is 0 Å². The van der Waals surface area contributed by atoms with Gasteiger partial charge in [0.15, 0.2) is 0 Å². The average Bonchev–Trinajstić information content (AvgIpc) is 2.66. The Balaban J connectivity index is 2.27. The van der Waals surface area contributed by atoms with Gasteiger partial charge in [-0.25, -0.2) is 0 Å². The highest BCUT2D eigenvalue weighted by Crippen LogP contribution is 2.26. The monoisotopic (exact) mass is 199 g/mol. The molecule has 2 nitrogen and oxygen atoms in total. The van der Waals surface area contributed by atoms with Crippen LogP contribution in [0, 0.1) is 5.92 Å². The molecule has 0 aromatic rings. The summed E-state index contributed by atoms with van der Waals surface area (Å²) in [5, 5.41) is 0. The average molecular weight is 199 g/mol. The fourth-order valence-corrected chi connectivity index (χ4v) is 2.06. The molecular weight excluding hydrogens is 174 g/mol. The quantitative estimate of drug-likeness (QED) is 0.739. The van der Waals surface area contributed by atoms with Crippen LogP contribution in [0.15, 0.2) is 0 Å². The fraction of sp³-hybridized carbons (Fsp3) is 1.00. The van der Waals surface area contributed by atoms with Gasteiger partial charge in [-0.15, -0.1) is 0 Å². The molecule has 1 saturated heterocycles. The number of hydrogen-bond acceptors (Lipinski definition) is 2. The van der Waals surface area contributed by atoms with Crippen molar-refractivity contribution in [1.29, 1.82) is 0 Å². The Kier molecular flexibility index (Phi) is 4.39. The van der Waals surface area contributed by atoms with Gasteiger partial charge >= 0.3 is 0 Å². The maximum absolute atomic E-state index is 6.29. The molecule has 1 fully saturated rings. The molecule has 3 unspecified atom stereocenters. The lowest BCUT2D eigenvalue weighted by Crippen LogP contribution is -2.43. The molecule has 0 spiro atoms. The summed E-state index contributed by atoms with van der Waals surface area (Å²) < 4.78 is 5.61. The molecule has 1 aliphatic rings. The van der Waals surface area contributed by atoms with E-state index >= 15 is 0 Å². The second-order valence-corrected chi connectivity index (χ2v) is 4.99. The van der Waals surface area contributed by atoms with Gasteiger partial charge in [-0.1, -0.05) is 20.3 Å². The molecule has 84 valence electrons. The van der Waals surface area contributed by atoms with Gasteiger partial charge in [-0.3, -0.25) is 0 Å². The minimum absolute atomic E-state index is 0.0132. The Bertz CT molecular complexity index is 162. The molecule has 1 heterocycles. The molecule has 0 aliphatic carbocycles. The van der Waals surface area contributed by atoms with E-state index in [9.17, 15) is 0 Å². The summed E-state index contributed by atoms with van der Waals surface area (Å²) >= 11 is 0. The van der Waals surface area contributed by atoms with Crippen LogP contribution < -0.4 is 5.73 Å². The number of nitrogens with two attached hydrogens (primary N) is 1. The van der Waals surface area contributed by atoms with Crippen LogP contribution in [0.1, 0.15) is 52.9 Å². The second-order valence-electron chi connectivity index (χ2n) is 4.99. The van der Waals surface area contributed by atoms with Gasteiger partial charge in [0.25, 0.3) is 0 Å². The molecule has 2 heteroatoms. The van der Waals surface area contributed by atoms with Crippen LogP contribution in [0.4, 0.5) is 0 Å². The van der Waals surface area contributed by atoms with E-state index in [1.165, 1.54) is 19.3 Å². The zero-order valence-electron chi connectivity index (χ0n) is 9.88. The van der Waals surface area contributed by atoms with Crippen LogP contribution in [0.5, 0.6) is 0 Å². The van der Waals surface area contributed by atoms with E-state index in [-0.39, 0.29) is 5.54 Å². The van der Waals surface area contributed by atoms with E-state index in [0.717, 1.165) is 19.4 Å². The van der Waals surface area contributed by atoms with Gasteiger partial charge in [-0.05, 0) is 38.5 Å². The first-order chi connectivity index (χ1) is 6.56. The van der Waals surface area contributed by atoms with Crippen molar-refractivity contribution in [2.75, 3.05) is 6.61 Å². The standard InChI is InChI=1S/C12H25NO/c1-4-10(2)12(3,13)8-7-11-6-5-9-14-11/h10-11H,4-9,13H2,1-3H3. The minimum Gasteiger partial charge on any atom is -0.378 e. The topological polar surface area (TPSA) is 35.2 Å².